The predicted molar refractivity (Wildman–Crippen MR) is 67.4 cm³/mol. The van der Waals surface area contributed by atoms with Crippen LogP contribution in [0.25, 0.3) is 0 Å². The molecule has 1 rings (SSSR count). The highest BCUT2D eigenvalue weighted by molar-refractivity contribution is 5.89. The summed E-state index contributed by atoms with van der Waals surface area (Å²) in [6.45, 7) is 0.693. The van der Waals surface area contributed by atoms with E-state index in [0.29, 0.717) is 18.5 Å². The largest absolute Gasteiger partial charge is 0.443 e. The lowest BCUT2D eigenvalue weighted by Gasteiger charge is -2.12. The van der Waals surface area contributed by atoms with E-state index in [4.69, 9.17) is 16.2 Å². The van der Waals surface area contributed by atoms with Gasteiger partial charge < -0.3 is 10.5 Å². The normalized spacial score (nSPS) is 12.1. The van der Waals surface area contributed by atoms with Crippen LogP contribution in [0.5, 0.6) is 0 Å². The van der Waals surface area contributed by atoms with Gasteiger partial charge in [-0.15, -0.1) is 0 Å². The third kappa shape index (κ3) is 5.47. The van der Waals surface area contributed by atoms with E-state index in [1.54, 1.807) is 24.3 Å². The third-order valence-corrected chi connectivity index (χ3v) is 2.46. The van der Waals surface area contributed by atoms with Crippen LogP contribution in [0.1, 0.15) is 36.0 Å². The van der Waals surface area contributed by atoms with Crippen LogP contribution < -0.4 is 11.5 Å². The summed E-state index contributed by atoms with van der Waals surface area (Å²) in [4.78, 5) is 11.6. The summed E-state index contributed by atoms with van der Waals surface area (Å²) in [5, 5.41) is 0. The molecule has 1 aromatic rings. The molecule has 4 heteroatoms. The van der Waals surface area contributed by atoms with Crippen molar-refractivity contribution in [3.8, 4) is 0 Å². The topological polar surface area (TPSA) is 78.3 Å². The second-order valence-electron chi connectivity index (χ2n) is 3.95. The minimum absolute atomic E-state index is 0.364. The summed E-state index contributed by atoms with van der Waals surface area (Å²) in [6.07, 6.45) is 3.09. The molecule has 0 aromatic heterocycles. The third-order valence-electron chi connectivity index (χ3n) is 2.46. The van der Waals surface area contributed by atoms with E-state index < -0.39 is 6.23 Å². The number of carbonyl (C=O) groups excluding carboxylic acids is 1. The van der Waals surface area contributed by atoms with Crippen LogP contribution in [-0.4, -0.2) is 18.7 Å². The molecule has 0 heterocycles. The molecule has 4 N–H and O–H groups in total. The van der Waals surface area contributed by atoms with Crippen LogP contribution in [0.15, 0.2) is 30.3 Å². The summed E-state index contributed by atoms with van der Waals surface area (Å²) in [5.41, 5.74) is 11.6. The molecule has 1 unspecified atom stereocenters. The minimum atomic E-state index is -0.527. The molecule has 0 aliphatic carbocycles. The smallest absolute Gasteiger partial charge is 0.339 e. The van der Waals surface area contributed by atoms with Gasteiger partial charge in [-0.3, -0.25) is 5.73 Å². The maximum atomic E-state index is 11.6. The van der Waals surface area contributed by atoms with Crippen LogP contribution in [-0.2, 0) is 4.74 Å². The van der Waals surface area contributed by atoms with Gasteiger partial charge in [-0.1, -0.05) is 24.6 Å². The van der Waals surface area contributed by atoms with Gasteiger partial charge in [-0.2, -0.15) is 0 Å². The Hall–Kier alpha value is -1.39. The number of rotatable bonds is 7. The van der Waals surface area contributed by atoms with E-state index in [-0.39, 0.29) is 5.97 Å². The number of hydrogen-bond acceptors (Lipinski definition) is 4. The first-order valence-corrected chi connectivity index (χ1v) is 5.95. The average molecular weight is 236 g/mol. The summed E-state index contributed by atoms with van der Waals surface area (Å²) in [7, 11) is 0. The Morgan fingerprint density at radius 2 is 1.88 bits per heavy atom. The SMILES string of the molecule is NCCCCCC(N)OC(=O)c1ccccc1. The first kappa shape index (κ1) is 13.7. The molecule has 0 amide bonds. The number of carbonyl (C=O) groups is 1. The van der Waals surface area contributed by atoms with Crippen LogP contribution in [0.4, 0.5) is 0 Å². The standard InChI is InChI=1S/C13H20N2O2/c14-10-6-2-5-9-12(15)17-13(16)11-7-3-1-4-8-11/h1,3-4,7-8,12H,2,5-6,9-10,14-15H2. The lowest BCUT2D eigenvalue weighted by atomic mass is 10.2. The van der Waals surface area contributed by atoms with Gasteiger partial charge in [0, 0.05) is 0 Å². The highest BCUT2D eigenvalue weighted by Gasteiger charge is 2.11. The van der Waals surface area contributed by atoms with E-state index in [1.807, 2.05) is 6.07 Å². The molecule has 0 fully saturated rings. The number of hydrogen-bond donors (Lipinski definition) is 2. The van der Waals surface area contributed by atoms with Crippen molar-refractivity contribution in [3.05, 3.63) is 35.9 Å². The molecule has 0 saturated carbocycles. The van der Waals surface area contributed by atoms with Gasteiger partial charge in [0.2, 0.25) is 0 Å². The van der Waals surface area contributed by atoms with Crippen molar-refractivity contribution in [1.29, 1.82) is 0 Å². The molecule has 0 radical (unpaired) electrons. The Morgan fingerprint density at radius 3 is 2.53 bits per heavy atom. The van der Waals surface area contributed by atoms with Crippen LogP contribution in [0, 0.1) is 0 Å². The molecule has 0 bridgehead atoms. The number of benzene rings is 1. The van der Waals surface area contributed by atoms with Crippen LogP contribution >= 0.6 is 0 Å². The molecule has 17 heavy (non-hydrogen) atoms. The predicted octanol–water partition coefficient (Wildman–Crippen LogP) is 1.65. The van der Waals surface area contributed by atoms with Crippen molar-refractivity contribution >= 4 is 5.97 Å². The molecular weight excluding hydrogens is 216 g/mol. The molecule has 1 atom stereocenters. The van der Waals surface area contributed by atoms with Gasteiger partial charge in [-0.05, 0) is 37.9 Å². The molecule has 0 spiro atoms. The molecule has 0 aliphatic heterocycles. The van der Waals surface area contributed by atoms with Crippen LogP contribution in [0.3, 0.4) is 0 Å². The quantitative estimate of drug-likeness (QED) is 0.428. The van der Waals surface area contributed by atoms with E-state index in [9.17, 15) is 4.79 Å². The fraction of sp³-hybridized carbons (Fsp3) is 0.462. The maximum absolute atomic E-state index is 11.6. The Labute approximate surface area is 102 Å². The van der Waals surface area contributed by atoms with Gasteiger partial charge in [0.1, 0.15) is 0 Å². The van der Waals surface area contributed by atoms with Gasteiger partial charge in [0.25, 0.3) is 0 Å². The Bertz CT molecular complexity index is 327. The van der Waals surface area contributed by atoms with Crippen molar-refractivity contribution in [2.75, 3.05) is 6.54 Å². The molecule has 0 aliphatic rings. The summed E-state index contributed by atoms with van der Waals surface area (Å²) in [5.74, 6) is -0.364. The Balaban J connectivity index is 2.26. The zero-order chi connectivity index (χ0) is 12.5. The second-order valence-corrected chi connectivity index (χ2v) is 3.95. The van der Waals surface area contributed by atoms with Crippen molar-refractivity contribution in [2.24, 2.45) is 11.5 Å². The van der Waals surface area contributed by atoms with Crippen LogP contribution in [0.2, 0.25) is 0 Å². The fourth-order valence-electron chi connectivity index (χ4n) is 1.51. The van der Waals surface area contributed by atoms with Crippen molar-refractivity contribution in [1.82, 2.24) is 0 Å². The van der Waals surface area contributed by atoms with Gasteiger partial charge in [0.05, 0.1) is 5.56 Å². The lowest BCUT2D eigenvalue weighted by molar-refractivity contribution is 0.0292. The zero-order valence-electron chi connectivity index (χ0n) is 9.97. The Kier molecular flexibility index (Phi) is 6.29. The monoisotopic (exact) mass is 236 g/mol. The number of esters is 1. The minimum Gasteiger partial charge on any atom is -0.443 e. The van der Waals surface area contributed by atoms with Crippen molar-refractivity contribution in [2.45, 2.75) is 31.9 Å². The number of unbranched alkanes of at least 4 members (excludes halogenated alkanes) is 2. The molecule has 4 nitrogen and oxygen atoms in total. The molecular formula is C13H20N2O2. The molecule has 94 valence electrons. The summed E-state index contributed by atoms with van der Waals surface area (Å²) in [6, 6.07) is 8.86. The molecule has 0 saturated heterocycles. The second kappa shape index (κ2) is 7.81. The van der Waals surface area contributed by atoms with Gasteiger partial charge in [-0.25, -0.2) is 4.79 Å². The van der Waals surface area contributed by atoms with E-state index in [2.05, 4.69) is 0 Å². The zero-order valence-corrected chi connectivity index (χ0v) is 9.97. The van der Waals surface area contributed by atoms with Crippen molar-refractivity contribution < 1.29 is 9.53 Å². The Morgan fingerprint density at radius 1 is 1.18 bits per heavy atom. The summed E-state index contributed by atoms with van der Waals surface area (Å²) < 4.78 is 5.12. The number of nitrogens with two attached hydrogens (primary N) is 2. The fourth-order valence-corrected chi connectivity index (χ4v) is 1.51. The summed E-state index contributed by atoms with van der Waals surface area (Å²) >= 11 is 0. The van der Waals surface area contributed by atoms with Crippen molar-refractivity contribution in [3.63, 3.8) is 0 Å². The lowest BCUT2D eigenvalue weighted by Crippen LogP contribution is -2.27. The maximum Gasteiger partial charge on any atom is 0.339 e. The van der Waals surface area contributed by atoms with E-state index >= 15 is 0 Å². The first-order valence-electron chi connectivity index (χ1n) is 5.95. The van der Waals surface area contributed by atoms with E-state index in [1.165, 1.54) is 0 Å². The van der Waals surface area contributed by atoms with Gasteiger partial charge in [0.15, 0.2) is 6.23 Å². The first-order chi connectivity index (χ1) is 8.24. The molecule has 1 aromatic carbocycles. The average Bonchev–Trinajstić information content (AvgIpc) is 2.36. The van der Waals surface area contributed by atoms with E-state index in [0.717, 1.165) is 19.3 Å². The number of ether oxygens (including phenoxy) is 1. The highest BCUT2D eigenvalue weighted by Crippen LogP contribution is 2.06. The highest BCUT2D eigenvalue weighted by atomic mass is 16.6. The van der Waals surface area contributed by atoms with Gasteiger partial charge >= 0.3 is 5.97 Å².